The van der Waals surface area contributed by atoms with Crippen LogP contribution in [0, 0.1) is 5.92 Å². The van der Waals surface area contributed by atoms with Crippen molar-refractivity contribution in [1.29, 1.82) is 0 Å². The van der Waals surface area contributed by atoms with Crippen LogP contribution in [0.3, 0.4) is 0 Å². The van der Waals surface area contributed by atoms with Crippen molar-refractivity contribution in [3.05, 3.63) is 33.8 Å². The molecule has 2 rings (SSSR count). The van der Waals surface area contributed by atoms with Gasteiger partial charge in [-0.1, -0.05) is 43.1 Å². The molecule has 1 heterocycles. The molecule has 0 unspecified atom stereocenters. The largest absolute Gasteiger partial charge is 0.355 e. The molecule has 1 fully saturated rings. The number of aliphatic imine (C=N–C) groups is 1. The molecule has 6 nitrogen and oxygen atoms in total. The Bertz CT molecular complexity index is 679. The van der Waals surface area contributed by atoms with Crippen LogP contribution in [0.5, 0.6) is 0 Å². The summed E-state index contributed by atoms with van der Waals surface area (Å²) >= 11 is 12.1. The van der Waals surface area contributed by atoms with Gasteiger partial charge in [0.25, 0.3) is 0 Å². The van der Waals surface area contributed by atoms with E-state index in [2.05, 4.69) is 25.8 Å². The summed E-state index contributed by atoms with van der Waals surface area (Å²) in [4.78, 5) is 18.3. The number of hydrogen-bond donors (Lipinski definition) is 3. The van der Waals surface area contributed by atoms with Gasteiger partial charge in [0.2, 0.25) is 5.91 Å². The van der Waals surface area contributed by atoms with Gasteiger partial charge in [0.1, 0.15) is 0 Å². The first kappa shape index (κ1) is 26.3. The van der Waals surface area contributed by atoms with Gasteiger partial charge in [-0.05, 0) is 30.5 Å². The minimum atomic E-state index is 0. The van der Waals surface area contributed by atoms with E-state index in [1.54, 1.807) is 7.05 Å². The fourth-order valence-corrected chi connectivity index (χ4v) is 3.41. The number of likely N-dealkylation sites (tertiary alicyclic amines) is 1. The SMILES string of the molecule is CN=C(NCCNC(=O)C(C)C)NC1CCN(Cc2ccc(Cl)c(Cl)c2)CC1.I. The maximum atomic E-state index is 11.6. The highest BCUT2D eigenvalue weighted by molar-refractivity contribution is 14.0. The monoisotopic (exact) mass is 555 g/mol. The van der Waals surface area contributed by atoms with E-state index in [0.717, 1.165) is 38.4 Å². The summed E-state index contributed by atoms with van der Waals surface area (Å²) in [5, 5.41) is 10.8. The van der Waals surface area contributed by atoms with Gasteiger partial charge in [-0.15, -0.1) is 24.0 Å². The average molecular weight is 556 g/mol. The second-order valence-electron chi connectivity index (χ2n) is 7.39. The van der Waals surface area contributed by atoms with Crippen molar-refractivity contribution in [2.75, 3.05) is 33.2 Å². The molecular weight excluding hydrogens is 524 g/mol. The predicted molar refractivity (Wildman–Crippen MR) is 133 cm³/mol. The zero-order valence-corrected chi connectivity index (χ0v) is 21.1. The van der Waals surface area contributed by atoms with Crippen molar-refractivity contribution in [2.45, 2.75) is 39.3 Å². The summed E-state index contributed by atoms with van der Waals surface area (Å²) in [6, 6.07) is 6.22. The normalized spacial score (nSPS) is 15.7. The number of rotatable bonds is 7. The standard InChI is InChI=1S/C20H31Cl2N5O.HI/c1-14(2)19(28)24-8-9-25-20(23-3)26-16-6-10-27(11-7-16)13-15-4-5-17(21)18(22)12-15;/h4-5,12,14,16H,6-11,13H2,1-3H3,(H,24,28)(H2,23,25,26);1H. The number of nitrogens with zero attached hydrogens (tertiary/aromatic N) is 2. The summed E-state index contributed by atoms with van der Waals surface area (Å²) < 4.78 is 0. The highest BCUT2D eigenvalue weighted by Gasteiger charge is 2.20. The Morgan fingerprint density at radius 2 is 1.83 bits per heavy atom. The second-order valence-corrected chi connectivity index (χ2v) is 8.20. The molecule has 9 heteroatoms. The maximum absolute atomic E-state index is 11.6. The van der Waals surface area contributed by atoms with Crippen molar-refractivity contribution in [3.8, 4) is 0 Å². The summed E-state index contributed by atoms with van der Waals surface area (Å²) in [5.41, 5.74) is 1.18. The molecule has 0 bridgehead atoms. The highest BCUT2D eigenvalue weighted by atomic mass is 127. The Hall–Kier alpha value is -0.770. The molecule has 0 spiro atoms. The van der Waals surface area contributed by atoms with Gasteiger partial charge in [0.05, 0.1) is 10.0 Å². The number of guanidine groups is 1. The topological polar surface area (TPSA) is 68.8 Å². The molecule has 0 aliphatic carbocycles. The van der Waals surface area contributed by atoms with Gasteiger partial charge in [-0.25, -0.2) is 0 Å². The van der Waals surface area contributed by atoms with Crippen LogP contribution in [-0.2, 0) is 11.3 Å². The lowest BCUT2D eigenvalue weighted by Gasteiger charge is -2.33. The Balaban J connectivity index is 0.00000420. The molecule has 1 aromatic rings. The number of carbonyl (C=O) groups excluding carboxylic acids is 1. The zero-order chi connectivity index (χ0) is 20.5. The van der Waals surface area contributed by atoms with E-state index in [1.165, 1.54) is 5.56 Å². The van der Waals surface area contributed by atoms with Crippen LogP contribution in [0.4, 0.5) is 0 Å². The van der Waals surface area contributed by atoms with E-state index in [4.69, 9.17) is 23.2 Å². The van der Waals surface area contributed by atoms with Crippen LogP contribution in [0.25, 0.3) is 0 Å². The molecule has 1 amide bonds. The molecular formula is C20H32Cl2IN5O. The highest BCUT2D eigenvalue weighted by Crippen LogP contribution is 2.24. The van der Waals surface area contributed by atoms with Crippen molar-refractivity contribution in [2.24, 2.45) is 10.9 Å². The van der Waals surface area contributed by atoms with E-state index in [1.807, 2.05) is 32.0 Å². The van der Waals surface area contributed by atoms with Crippen molar-refractivity contribution in [3.63, 3.8) is 0 Å². The summed E-state index contributed by atoms with van der Waals surface area (Å²) in [6.45, 7) is 7.91. The second kappa shape index (κ2) is 13.5. The third-order valence-corrected chi connectivity index (χ3v) is 5.52. The van der Waals surface area contributed by atoms with Gasteiger partial charge in [0.15, 0.2) is 5.96 Å². The van der Waals surface area contributed by atoms with E-state index in [0.29, 0.717) is 29.2 Å². The smallest absolute Gasteiger partial charge is 0.222 e. The summed E-state index contributed by atoms with van der Waals surface area (Å²) in [6.07, 6.45) is 2.10. The minimum absolute atomic E-state index is 0. The number of hydrogen-bond acceptors (Lipinski definition) is 3. The lowest BCUT2D eigenvalue weighted by molar-refractivity contribution is -0.123. The predicted octanol–water partition coefficient (Wildman–Crippen LogP) is 3.51. The van der Waals surface area contributed by atoms with Crippen molar-refractivity contribution in [1.82, 2.24) is 20.9 Å². The lowest BCUT2D eigenvalue weighted by atomic mass is 10.0. The number of nitrogens with one attached hydrogen (secondary N) is 3. The average Bonchev–Trinajstić information content (AvgIpc) is 2.68. The first-order valence-electron chi connectivity index (χ1n) is 9.80. The van der Waals surface area contributed by atoms with Gasteiger partial charge >= 0.3 is 0 Å². The Kier molecular flexibility index (Phi) is 12.2. The van der Waals surface area contributed by atoms with Crippen LogP contribution in [0.2, 0.25) is 10.0 Å². The molecule has 1 aromatic carbocycles. The van der Waals surface area contributed by atoms with Gasteiger partial charge in [-0.2, -0.15) is 0 Å². The Morgan fingerprint density at radius 1 is 1.17 bits per heavy atom. The van der Waals surface area contributed by atoms with Crippen LogP contribution in [-0.4, -0.2) is 56.0 Å². The molecule has 164 valence electrons. The first-order chi connectivity index (χ1) is 13.4. The van der Waals surface area contributed by atoms with E-state index in [9.17, 15) is 4.79 Å². The number of benzene rings is 1. The zero-order valence-electron chi connectivity index (χ0n) is 17.3. The lowest BCUT2D eigenvalue weighted by Crippen LogP contribution is -2.49. The first-order valence-corrected chi connectivity index (χ1v) is 10.6. The summed E-state index contributed by atoms with van der Waals surface area (Å²) in [5.74, 6) is 0.854. The molecule has 3 N–H and O–H groups in total. The van der Waals surface area contributed by atoms with Crippen molar-refractivity contribution < 1.29 is 4.79 Å². The number of amides is 1. The Morgan fingerprint density at radius 3 is 2.41 bits per heavy atom. The van der Waals surface area contributed by atoms with Gasteiger partial charge in [-0.3, -0.25) is 14.7 Å². The van der Waals surface area contributed by atoms with E-state index in [-0.39, 0.29) is 35.8 Å². The number of piperidine rings is 1. The third-order valence-electron chi connectivity index (χ3n) is 4.78. The quantitative estimate of drug-likeness (QED) is 0.208. The third kappa shape index (κ3) is 9.27. The van der Waals surface area contributed by atoms with E-state index >= 15 is 0 Å². The van der Waals surface area contributed by atoms with Crippen LogP contribution in [0.1, 0.15) is 32.3 Å². The Labute approximate surface area is 201 Å². The van der Waals surface area contributed by atoms with Crippen LogP contribution < -0.4 is 16.0 Å². The van der Waals surface area contributed by atoms with E-state index < -0.39 is 0 Å². The molecule has 29 heavy (non-hydrogen) atoms. The number of carbonyl (C=O) groups is 1. The van der Waals surface area contributed by atoms with Gasteiger partial charge in [0, 0.05) is 51.7 Å². The van der Waals surface area contributed by atoms with Gasteiger partial charge < -0.3 is 16.0 Å². The molecule has 0 atom stereocenters. The maximum Gasteiger partial charge on any atom is 0.222 e. The molecule has 0 aromatic heterocycles. The molecule has 1 aliphatic heterocycles. The minimum Gasteiger partial charge on any atom is -0.355 e. The van der Waals surface area contributed by atoms with Crippen molar-refractivity contribution >= 4 is 59.0 Å². The fourth-order valence-electron chi connectivity index (χ4n) is 3.09. The van der Waals surface area contributed by atoms with Crippen LogP contribution in [0.15, 0.2) is 23.2 Å². The number of halogens is 3. The molecule has 0 saturated carbocycles. The molecule has 1 aliphatic rings. The fraction of sp³-hybridized carbons (Fsp3) is 0.600. The summed E-state index contributed by atoms with van der Waals surface area (Å²) in [7, 11) is 1.77. The molecule has 0 radical (unpaired) electrons. The molecule has 1 saturated heterocycles. The van der Waals surface area contributed by atoms with Crippen LogP contribution >= 0.6 is 47.2 Å².